The number of nitrogens with zero attached hydrogens (tertiary/aromatic N) is 3. The largest absolute Gasteiger partial charge is 0.495 e. The molecule has 0 spiro atoms. The van der Waals surface area contributed by atoms with E-state index in [-0.39, 0.29) is 11.6 Å². The van der Waals surface area contributed by atoms with Crippen LogP contribution in [0.2, 0.25) is 5.02 Å². The summed E-state index contributed by atoms with van der Waals surface area (Å²) in [5.41, 5.74) is 1.72. The minimum absolute atomic E-state index is 0.222. The molecular weight excluding hydrogens is 354 g/mol. The highest BCUT2D eigenvalue weighted by atomic mass is 35.5. The molecule has 2 heterocycles. The molecule has 8 heteroatoms. The molecule has 0 aliphatic rings. The number of rotatable bonds is 6. The normalized spacial score (nSPS) is 10.2. The third-order valence-electron chi connectivity index (χ3n) is 3.46. The first-order chi connectivity index (χ1) is 12.7. The molecule has 0 bridgehead atoms. The van der Waals surface area contributed by atoms with Crippen molar-refractivity contribution in [3.63, 3.8) is 0 Å². The first-order valence-corrected chi connectivity index (χ1v) is 8.14. The van der Waals surface area contributed by atoms with Crippen LogP contribution in [0.15, 0.2) is 55.0 Å². The van der Waals surface area contributed by atoms with Crippen LogP contribution in [-0.4, -0.2) is 28.0 Å². The highest BCUT2D eigenvalue weighted by molar-refractivity contribution is 6.32. The molecule has 0 radical (unpaired) electrons. The number of halogens is 1. The van der Waals surface area contributed by atoms with Gasteiger partial charge < -0.3 is 15.4 Å². The molecule has 26 heavy (non-hydrogen) atoms. The van der Waals surface area contributed by atoms with Gasteiger partial charge in [-0.25, -0.2) is 9.97 Å². The Labute approximate surface area is 155 Å². The number of carbonyl (C=O) groups is 1. The van der Waals surface area contributed by atoms with Crippen molar-refractivity contribution in [3.05, 3.63) is 71.4 Å². The van der Waals surface area contributed by atoms with Gasteiger partial charge in [-0.2, -0.15) is 0 Å². The molecule has 0 unspecified atom stereocenters. The van der Waals surface area contributed by atoms with Gasteiger partial charge in [-0.15, -0.1) is 0 Å². The predicted molar refractivity (Wildman–Crippen MR) is 98.7 cm³/mol. The Balaban J connectivity index is 1.61. The van der Waals surface area contributed by atoms with Crippen molar-refractivity contribution >= 4 is 29.0 Å². The smallest absolute Gasteiger partial charge is 0.271 e. The SMILES string of the molecule is COc1ccc(Nc2cnc(C(=O)NCc3ccccn3)cn2)cc1Cl. The molecule has 1 amide bonds. The number of carbonyl (C=O) groups excluding carboxylic acids is 1. The lowest BCUT2D eigenvalue weighted by Crippen LogP contribution is -2.24. The van der Waals surface area contributed by atoms with E-state index in [1.807, 2.05) is 18.2 Å². The molecule has 3 aromatic rings. The van der Waals surface area contributed by atoms with E-state index in [0.29, 0.717) is 23.1 Å². The Hall–Kier alpha value is -3.19. The molecule has 7 nitrogen and oxygen atoms in total. The summed E-state index contributed by atoms with van der Waals surface area (Å²) >= 11 is 6.09. The molecule has 2 N–H and O–H groups in total. The van der Waals surface area contributed by atoms with Crippen LogP contribution in [0, 0.1) is 0 Å². The van der Waals surface area contributed by atoms with Crippen LogP contribution < -0.4 is 15.4 Å². The summed E-state index contributed by atoms with van der Waals surface area (Å²) in [6, 6.07) is 10.8. The maximum Gasteiger partial charge on any atom is 0.271 e. The van der Waals surface area contributed by atoms with Crippen LogP contribution in [0.25, 0.3) is 0 Å². The van der Waals surface area contributed by atoms with E-state index in [9.17, 15) is 4.79 Å². The summed E-state index contributed by atoms with van der Waals surface area (Å²) in [6.45, 7) is 0.325. The molecule has 0 saturated carbocycles. The Kier molecular flexibility index (Phi) is 5.60. The summed E-state index contributed by atoms with van der Waals surface area (Å²) in [7, 11) is 1.55. The fourth-order valence-electron chi connectivity index (χ4n) is 2.17. The van der Waals surface area contributed by atoms with Crippen LogP contribution in [0.4, 0.5) is 11.5 Å². The van der Waals surface area contributed by atoms with E-state index >= 15 is 0 Å². The number of methoxy groups -OCH3 is 1. The molecule has 1 aromatic carbocycles. The summed E-state index contributed by atoms with van der Waals surface area (Å²) in [5.74, 6) is 0.762. The average Bonchev–Trinajstić information content (AvgIpc) is 2.68. The van der Waals surface area contributed by atoms with Crippen molar-refractivity contribution in [3.8, 4) is 5.75 Å². The molecule has 2 aromatic heterocycles. The van der Waals surface area contributed by atoms with Crippen molar-refractivity contribution in [1.82, 2.24) is 20.3 Å². The van der Waals surface area contributed by atoms with Crippen molar-refractivity contribution in [2.24, 2.45) is 0 Å². The van der Waals surface area contributed by atoms with Crippen molar-refractivity contribution < 1.29 is 9.53 Å². The Bertz CT molecular complexity index is 888. The van der Waals surface area contributed by atoms with Gasteiger partial charge in [0.1, 0.15) is 17.3 Å². The van der Waals surface area contributed by atoms with Gasteiger partial charge >= 0.3 is 0 Å². The monoisotopic (exact) mass is 369 g/mol. The van der Waals surface area contributed by atoms with Crippen LogP contribution in [0.1, 0.15) is 16.2 Å². The minimum atomic E-state index is -0.317. The molecule has 3 rings (SSSR count). The lowest BCUT2D eigenvalue weighted by atomic mass is 10.3. The third-order valence-corrected chi connectivity index (χ3v) is 3.76. The summed E-state index contributed by atoms with van der Waals surface area (Å²) in [5, 5.41) is 6.30. The number of amides is 1. The van der Waals surface area contributed by atoms with Gasteiger partial charge in [0.05, 0.1) is 36.8 Å². The fourth-order valence-corrected chi connectivity index (χ4v) is 2.42. The molecular formula is C18H16ClN5O2. The number of pyridine rings is 1. The standard InChI is InChI=1S/C18H16ClN5O2/c1-26-16-6-5-12(8-14(16)19)24-17-11-21-15(10-22-17)18(25)23-9-13-4-2-3-7-20-13/h2-8,10-11H,9H2,1H3,(H,22,24)(H,23,25). The molecule has 0 saturated heterocycles. The molecule has 0 aliphatic carbocycles. The second-order valence-electron chi connectivity index (χ2n) is 5.26. The predicted octanol–water partition coefficient (Wildman–Crippen LogP) is 3.21. The van der Waals surface area contributed by atoms with Gasteiger partial charge in [0, 0.05) is 11.9 Å². The first-order valence-electron chi connectivity index (χ1n) is 7.76. The molecule has 0 atom stereocenters. The number of aromatic nitrogens is 3. The maximum absolute atomic E-state index is 12.1. The number of hydrogen-bond donors (Lipinski definition) is 2. The Morgan fingerprint density at radius 3 is 2.69 bits per heavy atom. The quantitative estimate of drug-likeness (QED) is 0.693. The van der Waals surface area contributed by atoms with Crippen LogP contribution in [0.5, 0.6) is 5.75 Å². The van der Waals surface area contributed by atoms with Gasteiger partial charge in [0.15, 0.2) is 0 Å². The Morgan fingerprint density at radius 2 is 2.04 bits per heavy atom. The number of ether oxygens (including phenoxy) is 1. The second kappa shape index (κ2) is 8.26. The van der Waals surface area contributed by atoms with Crippen LogP contribution in [0.3, 0.4) is 0 Å². The van der Waals surface area contributed by atoms with E-state index in [4.69, 9.17) is 16.3 Å². The summed E-state index contributed by atoms with van der Waals surface area (Å²) in [4.78, 5) is 24.6. The van der Waals surface area contributed by atoms with Crippen LogP contribution >= 0.6 is 11.6 Å². The lowest BCUT2D eigenvalue weighted by Gasteiger charge is -2.09. The zero-order valence-corrected chi connectivity index (χ0v) is 14.7. The summed E-state index contributed by atoms with van der Waals surface area (Å²) in [6.07, 6.45) is 4.56. The van der Waals surface area contributed by atoms with Gasteiger partial charge in [0.25, 0.3) is 5.91 Å². The van der Waals surface area contributed by atoms with Crippen molar-refractivity contribution in [1.29, 1.82) is 0 Å². The number of hydrogen-bond acceptors (Lipinski definition) is 6. The van der Waals surface area contributed by atoms with E-state index in [1.165, 1.54) is 12.4 Å². The molecule has 132 valence electrons. The topological polar surface area (TPSA) is 89.0 Å². The maximum atomic E-state index is 12.1. The highest BCUT2D eigenvalue weighted by Crippen LogP contribution is 2.28. The number of anilines is 2. The first kappa shape index (κ1) is 17.6. The number of nitrogens with one attached hydrogen (secondary N) is 2. The summed E-state index contributed by atoms with van der Waals surface area (Å²) < 4.78 is 5.11. The van der Waals surface area contributed by atoms with Crippen LogP contribution in [-0.2, 0) is 6.54 Å². The van der Waals surface area contributed by atoms with Gasteiger partial charge in [-0.05, 0) is 30.3 Å². The van der Waals surface area contributed by atoms with E-state index < -0.39 is 0 Å². The van der Waals surface area contributed by atoms with Crippen molar-refractivity contribution in [2.45, 2.75) is 6.54 Å². The number of benzene rings is 1. The van der Waals surface area contributed by atoms with E-state index in [1.54, 1.807) is 31.5 Å². The lowest BCUT2D eigenvalue weighted by molar-refractivity contribution is 0.0945. The average molecular weight is 370 g/mol. The van der Waals surface area contributed by atoms with Crippen molar-refractivity contribution in [2.75, 3.05) is 12.4 Å². The fraction of sp³-hybridized carbons (Fsp3) is 0.111. The zero-order valence-electron chi connectivity index (χ0n) is 13.9. The van der Waals surface area contributed by atoms with Gasteiger partial charge in [-0.3, -0.25) is 9.78 Å². The Morgan fingerprint density at radius 1 is 1.15 bits per heavy atom. The van der Waals surface area contributed by atoms with Gasteiger partial charge in [-0.1, -0.05) is 17.7 Å². The third kappa shape index (κ3) is 4.46. The zero-order chi connectivity index (χ0) is 18.4. The van der Waals surface area contributed by atoms with Gasteiger partial charge in [0.2, 0.25) is 0 Å². The molecule has 0 aliphatic heterocycles. The molecule has 0 fully saturated rings. The van der Waals surface area contributed by atoms with E-state index in [0.717, 1.165) is 11.4 Å². The minimum Gasteiger partial charge on any atom is -0.495 e. The highest BCUT2D eigenvalue weighted by Gasteiger charge is 2.09. The second-order valence-corrected chi connectivity index (χ2v) is 5.67. The van der Waals surface area contributed by atoms with E-state index in [2.05, 4.69) is 25.6 Å².